The van der Waals surface area contributed by atoms with Crippen LogP contribution in [0.1, 0.15) is 44.1 Å². The van der Waals surface area contributed by atoms with Crippen molar-refractivity contribution in [3.8, 4) is 0 Å². The molecule has 0 atom stereocenters. The van der Waals surface area contributed by atoms with Crippen molar-refractivity contribution in [1.82, 2.24) is 4.90 Å². The van der Waals surface area contributed by atoms with Gasteiger partial charge in [0.25, 0.3) is 0 Å². The van der Waals surface area contributed by atoms with Crippen LogP contribution in [0.4, 0.5) is 0 Å². The number of benzene rings is 1. The van der Waals surface area contributed by atoms with Crippen LogP contribution in [0.15, 0.2) is 30.3 Å². The van der Waals surface area contributed by atoms with Gasteiger partial charge in [0.1, 0.15) is 5.88 Å². The van der Waals surface area contributed by atoms with Crippen molar-refractivity contribution in [2.45, 2.75) is 51.1 Å². The van der Waals surface area contributed by atoms with Gasteiger partial charge in [-0.25, -0.2) is 0 Å². The maximum absolute atomic E-state index is 12.1. The molecule has 0 aromatic heterocycles. The molecule has 1 aromatic carbocycles. The SMILES string of the molecule is O=C(CCl)N(Cc1ccccc1)C1CCCCCC1. The highest BCUT2D eigenvalue weighted by molar-refractivity contribution is 6.27. The first kappa shape index (κ1) is 14.4. The third-order valence-corrected chi connectivity index (χ3v) is 4.12. The van der Waals surface area contributed by atoms with E-state index in [0.717, 1.165) is 12.8 Å². The number of carbonyl (C=O) groups is 1. The molecule has 3 heteroatoms. The summed E-state index contributed by atoms with van der Waals surface area (Å²) in [4.78, 5) is 14.1. The minimum absolute atomic E-state index is 0.0671. The molecule has 1 aromatic rings. The van der Waals surface area contributed by atoms with Gasteiger partial charge < -0.3 is 4.90 Å². The summed E-state index contributed by atoms with van der Waals surface area (Å²) in [5.41, 5.74) is 1.19. The molecule has 2 nitrogen and oxygen atoms in total. The molecule has 1 aliphatic rings. The van der Waals surface area contributed by atoms with Crippen molar-refractivity contribution in [2.75, 3.05) is 5.88 Å². The Morgan fingerprint density at radius 3 is 2.32 bits per heavy atom. The average molecular weight is 280 g/mol. The van der Waals surface area contributed by atoms with Crippen LogP contribution in [0.2, 0.25) is 0 Å². The predicted molar refractivity (Wildman–Crippen MR) is 79.2 cm³/mol. The lowest BCUT2D eigenvalue weighted by Crippen LogP contribution is -2.40. The Morgan fingerprint density at radius 2 is 1.74 bits per heavy atom. The minimum Gasteiger partial charge on any atom is -0.334 e. The van der Waals surface area contributed by atoms with Crippen molar-refractivity contribution in [1.29, 1.82) is 0 Å². The van der Waals surface area contributed by atoms with Gasteiger partial charge in [0, 0.05) is 12.6 Å². The molecule has 0 bridgehead atoms. The van der Waals surface area contributed by atoms with Crippen LogP contribution in [0.5, 0.6) is 0 Å². The van der Waals surface area contributed by atoms with Crippen LogP contribution in [0, 0.1) is 0 Å². The number of halogens is 1. The normalized spacial score (nSPS) is 16.9. The molecule has 0 aliphatic heterocycles. The van der Waals surface area contributed by atoms with E-state index in [4.69, 9.17) is 11.6 Å². The topological polar surface area (TPSA) is 20.3 Å². The largest absolute Gasteiger partial charge is 0.334 e. The summed E-state index contributed by atoms with van der Waals surface area (Å²) in [6.07, 6.45) is 7.29. The molecule has 1 aliphatic carbocycles. The number of hydrogen-bond donors (Lipinski definition) is 0. The second-order valence-corrected chi connectivity index (χ2v) is 5.55. The monoisotopic (exact) mass is 279 g/mol. The maximum Gasteiger partial charge on any atom is 0.238 e. The van der Waals surface area contributed by atoms with E-state index < -0.39 is 0 Å². The van der Waals surface area contributed by atoms with Crippen molar-refractivity contribution in [2.24, 2.45) is 0 Å². The number of rotatable bonds is 4. The van der Waals surface area contributed by atoms with Crippen LogP contribution in [-0.2, 0) is 11.3 Å². The molecule has 2 rings (SSSR count). The first-order valence-electron chi connectivity index (χ1n) is 7.20. The van der Waals surface area contributed by atoms with E-state index in [1.165, 1.54) is 31.2 Å². The highest BCUT2D eigenvalue weighted by Gasteiger charge is 2.23. The van der Waals surface area contributed by atoms with Crippen molar-refractivity contribution >= 4 is 17.5 Å². The summed E-state index contributed by atoms with van der Waals surface area (Å²) < 4.78 is 0. The molecule has 0 radical (unpaired) electrons. The number of carbonyl (C=O) groups excluding carboxylic acids is 1. The van der Waals surface area contributed by atoms with E-state index in [0.29, 0.717) is 12.6 Å². The highest BCUT2D eigenvalue weighted by atomic mass is 35.5. The summed E-state index contributed by atoms with van der Waals surface area (Å²) in [5.74, 6) is 0.154. The van der Waals surface area contributed by atoms with E-state index in [2.05, 4.69) is 12.1 Å². The Hall–Kier alpha value is -1.02. The third kappa shape index (κ3) is 4.24. The van der Waals surface area contributed by atoms with Crippen LogP contribution in [-0.4, -0.2) is 22.7 Å². The lowest BCUT2D eigenvalue weighted by atomic mass is 10.1. The van der Waals surface area contributed by atoms with Crippen molar-refractivity contribution < 1.29 is 4.79 Å². The predicted octanol–water partition coefficient (Wildman–Crippen LogP) is 3.98. The molecule has 19 heavy (non-hydrogen) atoms. The highest BCUT2D eigenvalue weighted by Crippen LogP contribution is 2.23. The van der Waals surface area contributed by atoms with Gasteiger partial charge in [0.15, 0.2) is 0 Å². The molecule has 0 unspecified atom stereocenters. The Labute approximate surface area is 120 Å². The quantitative estimate of drug-likeness (QED) is 0.603. The molecule has 1 saturated carbocycles. The van der Waals surface area contributed by atoms with Gasteiger partial charge in [0.2, 0.25) is 5.91 Å². The fourth-order valence-electron chi connectivity index (χ4n) is 2.85. The Morgan fingerprint density at radius 1 is 1.11 bits per heavy atom. The Balaban J connectivity index is 2.08. The number of amides is 1. The summed E-state index contributed by atoms with van der Waals surface area (Å²) >= 11 is 5.78. The smallest absolute Gasteiger partial charge is 0.238 e. The number of alkyl halides is 1. The summed E-state index contributed by atoms with van der Waals surface area (Å²) in [5, 5.41) is 0. The van der Waals surface area contributed by atoms with Gasteiger partial charge >= 0.3 is 0 Å². The van der Waals surface area contributed by atoms with Crippen LogP contribution >= 0.6 is 11.6 Å². The first-order valence-corrected chi connectivity index (χ1v) is 7.74. The molecular weight excluding hydrogens is 258 g/mol. The second-order valence-electron chi connectivity index (χ2n) is 5.29. The Kier molecular flexibility index (Phi) is 5.71. The number of hydrogen-bond acceptors (Lipinski definition) is 1. The standard InChI is InChI=1S/C16H22ClNO/c17-12-16(19)18(13-14-8-4-3-5-9-14)15-10-6-1-2-7-11-15/h3-5,8-9,15H,1-2,6-7,10-13H2. The van der Waals surface area contributed by atoms with Crippen LogP contribution < -0.4 is 0 Å². The second kappa shape index (κ2) is 7.54. The molecule has 1 amide bonds. The molecule has 104 valence electrons. The van der Waals surface area contributed by atoms with Gasteiger partial charge in [-0.05, 0) is 18.4 Å². The maximum atomic E-state index is 12.1. The van der Waals surface area contributed by atoms with E-state index in [-0.39, 0.29) is 11.8 Å². The zero-order valence-electron chi connectivity index (χ0n) is 11.4. The van der Waals surface area contributed by atoms with Gasteiger partial charge in [0.05, 0.1) is 0 Å². The lowest BCUT2D eigenvalue weighted by molar-refractivity contribution is -0.131. The third-order valence-electron chi connectivity index (χ3n) is 3.90. The van der Waals surface area contributed by atoms with Crippen molar-refractivity contribution in [3.63, 3.8) is 0 Å². The molecule has 0 heterocycles. The first-order chi connectivity index (χ1) is 9.31. The van der Waals surface area contributed by atoms with E-state index >= 15 is 0 Å². The van der Waals surface area contributed by atoms with Gasteiger partial charge in [-0.2, -0.15) is 0 Å². The average Bonchev–Trinajstić information content (AvgIpc) is 2.74. The van der Waals surface area contributed by atoms with Gasteiger partial charge in [-0.3, -0.25) is 4.79 Å². The van der Waals surface area contributed by atoms with Gasteiger partial charge in [-0.15, -0.1) is 11.6 Å². The molecule has 1 fully saturated rings. The van der Waals surface area contributed by atoms with E-state index in [1.54, 1.807) is 0 Å². The van der Waals surface area contributed by atoms with Gasteiger partial charge in [-0.1, -0.05) is 56.0 Å². The zero-order chi connectivity index (χ0) is 13.5. The van der Waals surface area contributed by atoms with Crippen LogP contribution in [0.3, 0.4) is 0 Å². The zero-order valence-corrected chi connectivity index (χ0v) is 12.1. The molecular formula is C16H22ClNO. The summed E-state index contributed by atoms with van der Waals surface area (Å²) in [6.45, 7) is 0.692. The fourth-order valence-corrected chi connectivity index (χ4v) is 3.00. The van der Waals surface area contributed by atoms with Crippen LogP contribution in [0.25, 0.3) is 0 Å². The van der Waals surface area contributed by atoms with Crippen molar-refractivity contribution in [3.05, 3.63) is 35.9 Å². The summed E-state index contributed by atoms with van der Waals surface area (Å²) in [6, 6.07) is 10.6. The lowest BCUT2D eigenvalue weighted by Gasteiger charge is -2.31. The summed E-state index contributed by atoms with van der Waals surface area (Å²) in [7, 11) is 0. The Bertz CT molecular complexity index is 385. The fraction of sp³-hybridized carbons (Fsp3) is 0.562. The van der Waals surface area contributed by atoms with E-state index in [9.17, 15) is 4.79 Å². The minimum atomic E-state index is 0.0671. The molecule has 0 spiro atoms. The number of nitrogens with zero attached hydrogens (tertiary/aromatic N) is 1. The molecule has 0 saturated heterocycles. The van der Waals surface area contributed by atoms with E-state index in [1.807, 2.05) is 23.1 Å². The molecule has 0 N–H and O–H groups in total.